The van der Waals surface area contributed by atoms with Gasteiger partial charge in [0, 0.05) is 11.6 Å². The fourth-order valence-corrected chi connectivity index (χ4v) is 2.14. The maximum Gasteiger partial charge on any atom is 0.254 e. The Kier molecular flexibility index (Phi) is 4.74. The van der Waals surface area contributed by atoms with Crippen molar-refractivity contribution in [2.45, 2.75) is 13.3 Å². The largest absolute Gasteiger partial charge is 0.352 e. The van der Waals surface area contributed by atoms with E-state index in [0.717, 1.165) is 0 Å². The summed E-state index contributed by atoms with van der Waals surface area (Å²) in [5.74, 6) is -1.01. The number of halogens is 2. The molecule has 104 valence electrons. The van der Waals surface area contributed by atoms with Crippen molar-refractivity contribution in [3.8, 4) is 0 Å². The summed E-state index contributed by atoms with van der Waals surface area (Å²) in [6, 6.07) is 11.9. The summed E-state index contributed by atoms with van der Waals surface area (Å²) in [5.41, 5.74) is 2.32. The highest BCUT2D eigenvalue weighted by atomic mass is 35.5. The monoisotopic (exact) mass is 291 g/mol. The Morgan fingerprint density at radius 3 is 2.75 bits per heavy atom. The molecular weight excluding hydrogens is 277 g/mol. The van der Waals surface area contributed by atoms with Crippen LogP contribution in [0.1, 0.15) is 21.5 Å². The molecule has 1 N–H and O–H groups in total. The lowest BCUT2D eigenvalue weighted by atomic mass is 10.1. The summed E-state index contributed by atoms with van der Waals surface area (Å²) >= 11 is 5.76. The van der Waals surface area contributed by atoms with E-state index in [9.17, 15) is 9.18 Å². The normalized spacial score (nSPS) is 10.3. The minimum absolute atomic E-state index is 0.0257. The molecule has 1 amide bonds. The Labute approximate surface area is 122 Å². The number of hydrogen-bond acceptors (Lipinski definition) is 1. The first-order valence-electron chi connectivity index (χ1n) is 6.35. The van der Waals surface area contributed by atoms with Gasteiger partial charge in [0.2, 0.25) is 0 Å². The van der Waals surface area contributed by atoms with Gasteiger partial charge in [-0.1, -0.05) is 35.9 Å². The molecule has 0 unspecified atom stereocenters. The second-order valence-corrected chi connectivity index (χ2v) is 4.99. The van der Waals surface area contributed by atoms with Crippen LogP contribution in [0.3, 0.4) is 0 Å². The standard InChI is InChI=1S/C16H15ClFNO/c1-11-4-2-3-5-12(11)8-9-19-16(20)14-10-13(17)6-7-15(14)18/h2-7,10H,8-9H2,1H3,(H,19,20). The summed E-state index contributed by atoms with van der Waals surface area (Å²) in [6.07, 6.45) is 0.709. The second-order valence-electron chi connectivity index (χ2n) is 4.56. The number of hydrogen-bond donors (Lipinski definition) is 1. The SMILES string of the molecule is Cc1ccccc1CCNC(=O)c1cc(Cl)ccc1F. The minimum Gasteiger partial charge on any atom is -0.352 e. The molecule has 0 heterocycles. The van der Waals surface area contributed by atoms with Crippen molar-refractivity contribution in [2.24, 2.45) is 0 Å². The topological polar surface area (TPSA) is 29.1 Å². The first-order chi connectivity index (χ1) is 9.58. The van der Waals surface area contributed by atoms with E-state index in [4.69, 9.17) is 11.6 Å². The lowest BCUT2D eigenvalue weighted by Crippen LogP contribution is -2.26. The van der Waals surface area contributed by atoms with Crippen LogP contribution in [0, 0.1) is 12.7 Å². The molecule has 0 radical (unpaired) electrons. The first kappa shape index (κ1) is 14.5. The molecule has 4 heteroatoms. The zero-order valence-electron chi connectivity index (χ0n) is 11.1. The first-order valence-corrected chi connectivity index (χ1v) is 6.73. The summed E-state index contributed by atoms with van der Waals surface area (Å²) in [7, 11) is 0. The Balaban J connectivity index is 1.96. The molecule has 0 aromatic heterocycles. The van der Waals surface area contributed by atoms with Gasteiger partial charge in [0.1, 0.15) is 5.82 Å². The van der Waals surface area contributed by atoms with Crippen LogP contribution in [0.25, 0.3) is 0 Å². The van der Waals surface area contributed by atoms with Gasteiger partial charge in [-0.05, 0) is 42.7 Å². The average molecular weight is 292 g/mol. The number of carbonyl (C=O) groups excluding carboxylic acids is 1. The van der Waals surface area contributed by atoms with Gasteiger partial charge in [0.25, 0.3) is 5.91 Å². The van der Waals surface area contributed by atoms with Crippen LogP contribution in [0.5, 0.6) is 0 Å². The molecule has 0 aliphatic carbocycles. The lowest BCUT2D eigenvalue weighted by molar-refractivity contribution is 0.0950. The molecule has 0 atom stereocenters. The van der Waals surface area contributed by atoms with Gasteiger partial charge in [-0.2, -0.15) is 0 Å². The molecule has 2 aromatic carbocycles. The maximum atomic E-state index is 13.5. The van der Waals surface area contributed by atoms with Crippen LogP contribution in [-0.2, 0) is 6.42 Å². The van der Waals surface area contributed by atoms with Gasteiger partial charge in [-0.25, -0.2) is 4.39 Å². The summed E-state index contributed by atoms with van der Waals surface area (Å²) in [4.78, 5) is 11.9. The quantitative estimate of drug-likeness (QED) is 0.913. The molecule has 2 nitrogen and oxygen atoms in total. The van der Waals surface area contributed by atoms with Crippen LogP contribution in [0.15, 0.2) is 42.5 Å². The van der Waals surface area contributed by atoms with E-state index in [1.165, 1.54) is 29.3 Å². The van der Waals surface area contributed by atoms with Gasteiger partial charge in [-0.15, -0.1) is 0 Å². The van der Waals surface area contributed by atoms with Crippen molar-refractivity contribution in [2.75, 3.05) is 6.54 Å². The number of aryl methyl sites for hydroxylation is 1. The Hall–Kier alpha value is -1.87. The van der Waals surface area contributed by atoms with Gasteiger partial charge < -0.3 is 5.32 Å². The number of carbonyl (C=O) groups is 1. The second kappa shape index (κ2) is 6.53. The number of nitrogens with one attached hydrogen (secondary N) is 1. The summed E-state index contributed by atoms with van der Waals surface area (Å²) < 4.78 is 13.5. The van der Waals surface area contributed by atoms with Crippen LogP contribution in [0.4, 0.5) is 4.39 Å². The number of rotatable bonds is 4. The van der Waals surface area contributed by atoms with Gasteiger partial charge in [0.05, 0.1) is 5.56 Å². The molecular formula is C16H15ClFNO. The Morgan fingerprint density at radius 1 is 1.25 bits per heavy atom. The van der Waals surface area contributed by atoms with E-state index in [-0.39, 0.29) is 5.56 Å². The van der Waals surface area contributed by atoms with Crippen molar-refractivity contribution in [3.05, 3.63) is 70.0 Å². The zero-order valence-corrected chi connectivity index (χ0v) is 11.9. The van der Waals surface area contributed by atoms with E-state index in [1.807, 2.05) is 31.2 Å². The van der Waals surface area contributed by atoms with Crippen molar-refractivity contribution < 1.29 is 9.18 Å². The van der Waals surface area contributed by atoms with Crippen molar-refractivity contribution in [1.29, 1.82) is 0 Å². The van der Waals surface area contributed by atoms with E-state index in [2.05, 4.69) is 5.32 Å². The summed E-state index contributed by atoms with van der Waals surface area (Å²) in [5, 5.41) is 3.05. The predicted octanol–water partition coefficient (Wildman–Crippen LogP) is 3.76. The fourth-order valence-electron chi connectivity index (χ4n) is 1.97. The third-order valence-electron chi connectivity index (χ3n) is 3.11. The van der Waals surface area contributed by atoms with E-state index < -0.39 is 11.7 Å². The smallest absolute Gasteiger partial charge is 0.254 e. The van der Waals surface area contributed by atoms with Crippen molar-refractivity contribution in [3.63, 3.8) is 0 Å². The van der Waals surface area contributed by atoms with E-state index >= 15 is 0 Å². The minimum atomic E-state index is -0.567. The van der Waals surface area contributed by atoms with E-state index in [0.29, 0.717) is 18.0 Å². The average Bonchev–Trinajstić information content (AvgIpc) is 2.43. The van der Waals surface area contributed by atoms with Gasteiger partial charge in [-0.3, -0.25) is 4.79 Å². The third kappa shape index (κ3) is 3.58. The fraction of sp³-hybridized carbons (Fsp3) is 0.188. The van der Waals surface area contributed by atoms with Crippen molar-refractivity contribution >= 4 is 17.5 Å². The van der Waals surface area contributed by atoms with Crippen LogP contribution in [-0.4, -0.2) is 12.5 Å². The molecule has 0 aliphatic rings. The van der Waals surface area contributed by atoms with Gasteiger partial charge >= 0.3 is 0 Å². The molecule has 20 heavy (non-hydrogen) atoms. The van der Waals surface area contributed by atoms with Crippen LogP contribution >= 0.6 is 11.6 Å². The molecule has 0 saturated carbocycles. The molecule has 0 aliphatic heterocycles. The molecule has 0 spiro atoms. The molecule has 0 fully saturated rings. The maximum absolute atomic E-state index is 13.5. The highest BCUT2D eigenvalue weighted by Crippen LogP contribution is 2.14. The Morgan fingerprint density at radius 2 is 2.00 bits per heavy atom. The van der Waals surface area contributed by atoms with Crippen molar-refractivity contribution in [1.82, 2.24) is 5.32 Å². The number of benzene rings is 2. The molecule has 0 bridgehead atoms. The highest BCUT2D eigenvalue weighted by Gasteiger charge is 2.11. The molecule has 2 rings (SSSR count). The molecule has 0 saturated heterocycles. The molecule has 2 aromatic rings. The van der Waals surface area contributed by atoms with Crippen LogP contribution < -0.4 is 5.32 Å². The zero-order chi connectivity index (χ0) is 14.5. The van der Waals surface area contributed by atoms with E-state index in [1.54, 1.807) is 0 Å². The number of amides is 1. The van der Waals surface area contributed by atoms with Crippen LogP contribution in [0.2, 0.25) is 5.02 Å². The predicted molar refractivity (Wildman–Crippen MR) is 78.6 cm³/mol. The summed E-state index contributed by atoms with van der Waals surface area (Å²) in [6.45, 7) is 2.48. The van der Waals surface area contributed by atoms with Gasteiger partial charge in [0.15, 0.2) is 0 Å². The lowest BCUT2D eigenvalue weighted by Gasteiger charge is -2.08. The Bertz CT molecular complexity index is 628. The highest BCUT2D eigenvalue weighted by molar-refractivity contribution is 6.30. The third-order valence-corrected chi connectivity index (χ3v) is 3.35.